The highest BCUT2D eigenvalue weighted by Crippen LogP contribution is 2.18. The second kappa shape index (κ2) is 6.21. The molecule has 1 aromatic heterocycles. The van der Waals surface area contributed by atoms with Crippen molar-refractivity contribution >= 4 is 12.0 Å². The van der Waals surface area contributed by atoms with Gasteiger partial charge in [-0.1, -0.05) is 30.3 Å². The van der Waals surface area contributed by atoms with Crippen LogP contribution in [0.2, 0.25) is 0 Å². The van der Waals surface area contributed by atoms with E-state index in [2.05, 4.69) is 5.32 Å². The topological polar surface area (TPSA) is 62.5 Å². The normalized spacial score (nSPS) is 14.1. The van der Waals surface area contributed by atoms with E-state index in [1.807, 2.05) is 30.3 Å². The molecule has 2 aromatic rings. The van der Waals surface area contributed by atoms with Crippen molar-refractivity contribution in [1.29, 1.82) is 0 Å². The van der Waals surface area contributed by atoms with E-state index in [4.69, 9.17) is 4.42 Å². The summed E-state index contributed by atoms with van der Waals surface area (Å²) in [5.74, 6) is 0.326. The van der Waals surface area contributed by atoms with Crippen molar-refractivity contribution in [3.05, 3.63) is 66.1 Å². The Morgan fingerprint density at radius 3 is 2.70 bits per heavy atom. The molecule has 20 heavy (non-hydrogen) atoms. The van der Waals surface area contributed by atoms with E-state index in [0.29, 0.717) is 5.76 Å². The molecule has 1 aromatic carbocycles. The van der Waals surface area contributed by atoms with Crippen LogP contribution in [0.1, 0.15) is 18.2 Å². The number of hydrogen-bond acceptors (Lipinski definition) is 3. The van der Waals surface area contributed by atoms with E-state index in [9.17, 15) is 9.90 Å². The van der Waals surface area contributed by atoms with Crippen LogP contribution in [0.4, 0.5) is 0 Å². The van der Waals surface area contributed by atoms with Crippen molar-refractivity contribution in [1.82, 2.24) is 5.32 Å². The lowest BCUT2D eigenvalue weighted by molar-refractivity contribution is -0.117. The first-order valence-electron chi connectivity index (χ1n) is 6.35. The summed E-state index contributed by atoms with van der Waals surface area (Å²) in [6, 6.07) is 12.7. The summed E-state index contributed by atoms with van der Waals surface area (Å²) in [5.41, 5.74) is -0.342. The summed E-state index contributed by atoms with van der Waals surface area (Å²) < 4.78 is 5.08. The Labute approximate surface area is 117 Å². The van der Waals surface area contributed by atoms with Crippen LogP contribution in [-0.4, -0.2) is 17.6 Å². The fourth-order valence-electron chi connectivity index (χ4n) is 1.76. The van der Waals surface area contributed by atoms with Crippen LogP contribution in [0.3, 0.4) is 0 Å². The SMILES string of the molecule is CC(O)(CNC(=O)/C=C/c1ccco1)c1ccccc1. The molecule has 0 aliphatic rings. The van der Waals surface area contributed by atoms with Crippen LogP contribution in [0.5, 0.6) is 0 Å². The molecule has 1 amide bonds. The van der Waals surface area contributed by atoms with Gasteiger partial charge in [0.15, 0.2) is 0 Å². The Bertz CT molecular complexity index is 571. The first-order chi connectivity index (χ1) is 9.58. The lowest BCUT2D eigenvalue weighted by Crippen LogP contribution is -2.37. The van der Waals surface area contributed by atoms with Gasteiger partial charge in [-0.2, -0.15) is 0 Å². The Morgan fingerprint density at radius 2 is 2.05 bits per heavy atom. The zero-order valence-corrected chi connectivity index (χ0v) is 11.2. The first-order valence-corrected chi connectivity index (χ1v) is 6.35. The van der Waals surface area contributed by atoms with Gasteiger partial charge >= 0.3 is 0 Å². The summed E-state index contributed by atoms with van der Waals surface area (Å²) in [6.45, 7) is 1.80. The van der Waals surface area contributed by atoms with Crippen molar-refractivity contribution in [3.8, 4) is 0 Å². The van der Waals surface area contributed by atoms with Gasteiger partial charge in [0.25, 0.3) is 0 Å². The van der Waals surface area contributed by atoms with Crippen molar-refractivity contribution in [2.75, 3.05) is 6.54 Å². The number of carbonyl (C=O) groups excluding carboxylic acids is 1. The molecule has 0 aliphatic carbocycles. The molecule has 4 heteroatoms. The molecule has 2 N–H and O–H groups in total. The lowest BCUT2D eigenvalue weighted by atomic mass is 9.96. The monoisotopic (exact) mass is 271 g/mol. The highest BCUT2D eigenvalue weighted by molar-refractivity contribution is 5.91. The van der Waals surface area contributed by atoms with Crippen molar-refractivity contribution in [3.63, 3.8) is 0 Å². The maximum Gasteiger partial charge on any atom is 0.244 e. The summed E-state index contributed by atoms with van der Waals surface area (Å²) in [6.07, 6.45) is 4.49. The van der Waals surface area contributed by atoms with Gasteiger partial charge in [-0.3, -0.25) is 4.79 Å². The standard InChI is InChI=1S/C16H17NO3/c1-16(19,13-6-3-2-4-7-13)12-17-15(18)10-9-14-8-5-11-20-14/h2-11,19H,12H2,1H3,(H,17,18)/b10-9+. The molecule has 104 valence electrons. The number of hydrogen-bond donors (Lipinski definition) is 2. The highest BCUT2D eigenvalue weighted by atomic mass is 16.3. The van der Waals surface area contributed by atoms with E-state index < -0.39 is 5.60 Å². The molecule has 4 nitrogen and oxygen atoms in total. The van der Waals surface area contributed by atoms with Crippen LogP contribution in [0.15, 0.2) is 59.2 Å². The minimum atomic E-state index is -1.10. The lowest BCUT2D eigenvalue weighted by Gasteiger charge is -2.23. The molecule has 0 aliphatic heterocycles. The van der Waals surface area contributed by atoms with Crippen LogP contribution in [0.25, 0.3) is 6.08 Å². The maximum absolute atomic E-state index is 11.7. The molecule has 0 bridgehead atoms. The predicted molar refractivity (Wildman–Crippen MR) is 76.8 cm³/mol. The number of furan rings is 1. The molecule has 0 spiro atoms. The summed E-state index contributed by atoms with van der Waals surface area (Å²) >= 11 is 0. The van der Waals surface area contributed by atoms with Crippen LogP contribution < -0.4 is 5.32 Å². The fraction of sp³-hybridized carbons (Fsp3) is 0.188. The third-order valence-corrected chi connectivity index (χ3v) is 2.94. The van der Waals surface area contributed by atoms with Crippen molar-refractivity contribution < 1.29 is 14.3 Å². The average Bonchev–Trinajstić information content (AvgIpc) is 2.97. The molecule has 0 saturated carbocycles. The van der Waals surface area contributed by atoms with Crippen molar-refractivity contribution in [2.24, 2.45) is 0 Å². The first kappa shape index (κ1) is 14.1. The molecule has 0 fully saturated rings. The Hall–Kier alpha value is -2.33. The Kier molecular flexibility index (Phi) is 4.38. The molecular formula is C16H17NO3. The van der Waals surface area contributed by atoms with Gasteiger partial charge in [-0.25, -0.2) is 0 Å². The molecule has 1 heterocycles. The number of aliphatic hydroxyl groups is 1. The maximum atomic E-state index is 11.7. The minimum absolute atomic E-state index is 0.137. The van der Waals surface area contributed by atoms with Crippen LogP contribution >= 0.6 is 0 Å². The van der Waals surface area contributed by atoms with Gasteiger partial charge in [-0.15, -0.1) is 0 Å². The second-order valence-electron chi connectivity index (χ2n) is 4.71. The molecule has 0 saturated heterocycles. The highest BCUT2D eigenvalue weighted by Gasteiger charge is 2.22. The smallest absolute Gasteiger partial charge is 0.244 e. The zero-order chi connectivity index (χ0) is 14.4. The van der Waals surface area contributed by atoms with Crippen LogP contribution in [0, 0.1) is 0 Å². The average molecular weight is 271 g/mol. The summed E-state index contributed by atoms with van der Waals surface area (Å²) in [4.78, 5) is 11.7. The number of carbonyl (C=O) groups is 1. The largest absolute Gasteiger partial charge is 0.465 e. The van der Waals surface area contributed by atoms with Gasteiger partial charge in [-0.05, 0) is 30.7 Å². The number of benzene rings is 1. The van der Waals surface area contributed by atoms with Gasteiger partial charge < -0.3 is 14.8 Å². The van der Waals surface area contributed by atoms with Gasteiger partial charge in [0.05, 0.1) is 12.8 Å². The number of rotatable bonds is 5. The third kappa shape index (κ3) is 3.83. The quantitative estimate of drug-likeness (QED) is 0.820. The molecule has 1 unspecified atom stereocenters. The van der Waals surface area contributed by atoms with Crippen LogP contribution in [-0.2, 0) is 10.4 Å². The van der Waals surface area contributed by atoms with Gasteiger partial charge in [0, 0.05) is 6.08 Å². The Morgan fingerprint density at radius 1 is 1.30 bits per heavy atom. The molecular weight excluding hydrogens is 254 g/mol. The number of amides is 1. The molecule has 2 rings (SSSR count). The van der Waals surface area contributed by atoms with E-state index in [1.54, 1.807) is 25.1 Å². The predicted octanol–water partition coefficient (Wildman–Crippen LogP) is 2.32. The van der Waals surface area contributed by atoms with E-state index in [1.165, 1.54) is 12.3 Å². The van der Waals surface area contributed by atoms with Gasteiger partial charge in [0.1, 0.15) is 11.4 Å². The Balaban J connectivity index is 1.90. The third-order valence-electron chi connectivity index (χ3n) is 2.94. The minimum Gasteiger partial charge on any atom is -0.465 e. The van der Waals surface area contributed by atoms with E-state index in [-0.39, 0.29) is 12.5 Å². The van der Waals surface area contributed by atoms with Gasteiger partial charge in [0.2, 0.25) is 5.91 Å². The summed E-state index contributed by atoms with van der Waals surface area (Å²) in [7, 11) is 0. The molecule has 1 atom stereocenters. The number of nitrogens with one attached hydrogen (secondary N) is 1. The van der Waals surface area contributed by atoms with E-state index >= 15 is 0 Å². The van der Waals surface area contributed by atoms with E-state index in [0.717, 1.165) is 5.56 Å². The molecule has 0 radical (unpaired) electrons. The van der Waals surface area contributed by atoms with Crippen molar-refractivity contribution in [2.45, 2.75) is 12.5 Å². The zero-order valence-electron chi connectivity index (χ0n) is 11.2. The fourth-order valence-corrected chi connectivity index (χ4v) is 1.76. The summed E-state index contributed by atoms with van der Waals surface area (Å²) in [5, 5.41) is 13.0. The second-order valence-corrected chi connectivity index (χ2v) is 4.71.